The van der Waals surface area contributed by atoms with Crippen molar-refractivity contribution in [3.8, 4) is 0 Å². The third-order valence-electron chi connectivity index (χ3n) is 0.625. The molecule has 0 aliphatic carbocycles. The van der Waals surface area contributed by atoms with E-state index in [2.05, 4.69) is 21.2 Å². The third-order valence-corrected chi connectivity index (χ3v) is 0.625. The van der Waals surface area contributed by atoms with E-state index in [1.165, 1.54) is 12.4 Å². The average Bonchev–Trinajstić information content (AvgIpc) is 1.90. The van der Waals surface area contributed by atoms with Crippen molar-refractivity contribution < 1.29 is 32.7 Å². The molecule has 1 rings (SSSR count). The number of rotatable bonds is 1. The van der Waals surface area contributed by atoms with Gasteiger partial charge in [0.1, 0.15) is 0 Å². The maximum atomic E-state index is 4.84. The first-order valence-electron chi connectivity index (χ1n) is 2.03. The fraction of sp³-hybridized carbons (Fsp3) is 0. The van der Waals surface area contributed by atoms with Crippen LogP contribution in [-0.4, -0.2) is 16.7 Å². The van der Waals surface area contributed by atoms with Crippen LogP contribution in [0.1, 0.15) is 0 Å². The molecule has 0 aliphatic rings. The quantitative estimate of drug-likeness (QED) is 0.481. The van der Waals surface area contributed by atoms with E-state index >= 15 is 0 Å². The number of hydrogen-bond donors (Lipinski definition) is 0. The molecule has 0 spiro atoms. The van der Waals surface area contributed by atoms with Crippen LogP contribution in [0.5, 0.6) is 0 Å². The predicted octanol–water partition coefficient (Wildman–Crippen LogP) is 0.483. The van der Waals surface area contributed by atoms with E-state index in [-0.39, 0.29) is 32.7 Å². The first-order chi connectivity index (χ1) is 3.93. The van der Waals surface area contributed by atoms with E-state index < -0.39 is 0 Å². The Balaban J connectivity index is 0.000000640. The van der Waals surface area contributed by atoms with Crippen LogP contribution >= 0.6 is 0 Å². The van der Waals surface area contributed by atoms with Gasteiger partial charge in [-0.05, 0) is 0 Å². The second-order valence-electron chi connectivity index (χ2n) is 1.12. The minimum atomic E-state index is 0. The SMILES string of the molecule is [CH-]=Nc1[c-]nccn1.[Y]. The Labute approximate surface area is 78.5 Å². The molecule has 4 heteroatoms. The predicted molar refractivity (Wildman–Crippen MR) is 29.0 cm³/mol. The molecule has 0 saturated heterocycles. The molecule has 0 amide bonds. The molecule has 0 saturated carbocycles. The van der Waals surface area contributed by atoms with E-state index in [4.69, 9.17) is 6.72 Å². The first-order valence-corrected chi connectivity index (χ1v) is 2.03. The Morgan fingerprint density at radius 3 is 2.67 bits per heavy atom. The van der Waals surface area contributed by atoms with Gasteiger partial charge in [-0.2, -0.15) is 6.72 Å². The Hall–Kier alpha value is -0.146. The molecular weight excluding hydrogens is 191 g/mol. The van der Waals surface area contributed by atoms with E-state index in [9.17, 15) is 0 Å². The average molecular weight is 194 g/mol. The van der Waals surface area contributed by atoms with Crippen LogP contribution in [0, 0.1) is 6.20 Å². The normalized spacial score (nSPS) is 7.56. The van der Waals surface area contributed by atoms with Crippen molar-refractivity contribution in [1.82, 2.24) is 9.97 Å². The number of nitrogens with zero attached hydrogens (tertiary/aromatic N) is 3. The van der Waals surface area contributed by atoms with Crippen LogP contribution in [-0.2, 0) is 32.7 Å². The molecule has 1 aromatic heterocycles. The van der Waals surface area contributed by atoms with Gasteiger partial charge in [-0.3, -0.25) is 0 Å². The molecule has 1 radical (unpaired) electrons. The molecule has 0 bridgehead atoms. The van der Waals surface area contributed by atoms with E-state index in [0.29, 0.717) is 5.82 Å². The van der Waals surface area contributed by atoms with Crippen molar-refractivity contribution in [1.29, 1.82) is 0 Å². The number of hydrogen-bond acceptors (Lipinski definition) is 3. The van der Waals surface area contributed by atoms with Crippen molar-refractivity contribution in [3.05, 3.63) is 18.6 Å². The number of aromatic nitrogens is 2. The Morgan fingerprint density at radius 1 is 1.56 bits per heavy atom. The van der Waals surface area contributed by atoms with Crippen molar-refractivity contribution in [3.63, 3.8) is 0 Å². The molecule has 0 fully saturated rings. The topological polar surface area (TPSA) is 38.1 Å². The van der Waals surface area contributed by atoms with E-state index in [0.717, 1.165) is 0 Å². The van der Waals surface area contributed by atoms with Crippen molar-refractivity contribution in [2.75, 3.05) is 0 Å². The zero-order chi connectivity index (χ0) is 5.82. The molecule has 43 valence electrons. The molecule has 3 nitrogen and oxygen atoms in total. The summed E-state index contributed by atoms with van der Waals surface area (Å²) in [5.74, 6) is 0.326. The summed E-state index contributed by atoms with van der Waals surface area (Å²) in [5.41, 5.74) is 0. The van der Waals surface area contributed by atoms with Gasteiger partial charge < -0.3 is 15.0 Å². The molecule has 9 heavy (non-hydrogen) atoms. The minimum Gasteiger partial charge on any atom is -0.474 e. The molecular formula is C5H3N3Y-2. The van der Waals surface area contributed by atoms with Gasteiger partial charge in [0.15, 0.2) is 0 Å². The largest absolute Gasteiger partial charge is 0.474 e. The number of aliphatic imine (C=N–C) groups is 1. The van der Waals surface area contributed by atoms with Crippen LogP contribution in [0.2, 0.25) is 0 Å². The van der Waals surface area contributed by atoms with Crippen LogP contribution in [0.25, 0.3) is 0 Å². The van der Waals surface area contributed by atoms with Crippen LogP contribution < -0.4 is 0 Å². The third kappa shape index (κ3) is 2.77. The smallest absolute Gasteiger partial charge is 0 e. The fourth-order valence-electron chi connectivity index (χ4n) is 0.323. The first kappa shape index (κ1) is 8.85. The van der Waals surface area contributed by atoms with Gasteiger partial charge in [-0.25, -0.2) is 6.20 Å². The standard InChI is InChI=1S/C5H3N3.Y/c1-6-5-4-7-2-3-8-5;/h1-3H;/q-2;. The second-order valence-corrected chi connectivity index (χ2v) is 1.12. The zero-order valence-corrected chi connectivity index (χ0v) is 7.49. The van der Waals surface area contributed by atoms with Gasteiger partial charge in [0.05, 0.1) is 0 Å². The molecule has 0 atom stereocenters. The van der Waals surface area contributed by atoms with Crippen LogP contribution in [0.4, 0.5) is 5.82 Å². The van der Waals surface area contributed by atoms with Gasteiger partial charge in [0, 0.05) is 32.7 Å². The molecule has 0 N–H and O–H groups in total. The summed E-state index contributed by atoms with van der Waals surface area (Å²) in [7, 11) is 0. The van der Waals surface area contributed by atoms with E-state index in [1.54, 1.807) is 0 Å². The summed E-state index contributed by atoms with van der Waals surface area (Å²) in [6, 6.07) is 0. The van der Waals surface area contributed by atoms with Crippen molar-refractivity contribution in [2.45, 2.75) is 0 Å². The molecule has 0 unspecified atom stereocenters. The summed E-state index contributed by atoms with van der Waals surface area (Å²) in [6.45, 7) is 4.84. The maximum absolute atomic E-state index is 4.84. The summed E-state index contributed by atoms with van der Waals surface area (Å²) in [4.78, 5) is 10.5. The van der Waals surface area contributed by atoms with Gasteiger partial charge in [0.25, 0.3) is 0 Å². The monoisotopic (exact) mass is 194 g/mol. The molecule has 0 aromatic carbocycles. The fourth-order valence-corrected chi connectivity index (χ4v) is 0.323. The second kappa shape index (κ2) is 4.71. The Kier molecular flexibility index (Phi) is 4.63. The maximum Gasteiger partial charge on any atom is 0 e. The summed E-state index contributed by atoms with van der Waals surface area (Å²) < 4.78 is 0. The summed E-state index contributed by atoms with van der Waals surface area (Å²) >= 11 is 0. The zero-order valence-electron chi connectivity index (χ0n) is 4.65. The van der Waals surface area contributed by atoms with Crippen molar-refractivity contribution in [2.24, 2.45) is 4.99 Å². The molecule has 1 heterocycles. The van der Waals surface area contributed by atoms with Crippen LogP contribution in [0.15, 0.2) is 17.4 Å². The van der Waals surface area contributed by atoms with Gasteiger partial charge in [0.2, 0.25) is 0 Å². The molecule has 0 aliphatic heterocycles. The summed E-state index contributed by atoms with van der Waals surface area (Å²) in [5, 5.41) is 0. The van der Waals surface area contributed by atoms with Crippen LogP contribution in [0.3, 0.4) is 0 Å². The van der Waals surface area contributed by atoms with Crippen molar-refractivity contribution >= 4 is 12.5 Å². The van der Waals surface area contributed by atoms with Gasteiger partial charge in [-0.1, -0.05) is 12.0 Å². The Morgan fingerprint density at radius 2 is 2.33 bits per heavy atom. The summed E-state index contributed by atoms with van der Waals surface area (Å²) in [6.07, 6.45) is 5.48. The minimum absolute atomic E-state index is 0. The molecule has 1 aromatic rings. The van der Waals surface area contributed by atoms with Gasteiger partial charge in [-0.15, -0.1) is 6.20 Å². The van der Waals surface area contributed by atoms with Gasteiger partial charge >= 0.3 is 0 Å². The Bertz CT molecular complexity index is 175. The van der Waals surface area contributed by atoms with E-state index in [1.807, 2.05) is 0 Å².